The first-order chi connectivity index (χ1) is 7.69. The summed E-state index contributed by atoms with van der Waals surface area (Å²) in [5.41, 5.74) is 0.474. The summed E-state index contributed by atoms with van der Waals surface area (Å²) in [5.74, 6) is 0.282. The van der Waals surface area contributed by atoms with E-state index in [1.165, 1.54) is 0 Å². The highest BCUT2D eigenvalue weighted by atomic mass is 32.1. The number of rotatable bonds is 3. The van der Waals surface area contributed by atoms with Crippen LogP contribution in [0, 0.1) is 0 Å². The van der Waals surface area contributed by atoms with Gasteiger partial charge in [-0.3, -0.25) is 10.1 Å². The van der Waals surface area contributed by atoms with E-state index in [0.717, 1.165) is 0 Å². The summed E-state index contributed by atoms with van der Waals surface area (Å²) in [4.78, 5) is 11.8. The molecule has 16 heavy (non-hydrogen) atoms. The van der Waals surface area contributed by atoms with E-state index in [-0.39, 0.29) is 11.0 Å². The number of carbonyl (C=O) groups is 1. The molecule has 0 aliphatic carbocycles. The summed E-state index contributed by atoms with van der Waals surface area (Å²) in [6, 6.07) is 7.04. The van der Waals surface area contributed by atoms with Gasteiger partial charge in [-0.05, 0) is 31.3 Å². The molecule has 1 aromatic rings. The molecular formula is C11H14N2O2S. The first-order valence-corrected chi connectivity index (χ1v) is 5.34. The van der Waals surface area contributed by atoms with Crippen molar-refractivity contribution in [1.29, 1.82) is 0 Å². The van der Waals surface area contributed by atoms with Crippen LogP contribution < -0.4 is 15.4 Å². The number of hydrogen-bond acceptors (Lipinski definition) is 3. The van der Waals surface area contributed by atoms with Gasteiger partial charge in [-0.1, -0.05) is 12.1 Å². The number of para-hydroxylation sites is 1. The molecule has 0 heterocycles. The molecule has 0 atom stereocenters. The molecule has 2 N–H and O–H groups in total. The van der Waals surface area contributed by atoms with Gasteiger partial charge < -0.3 is 10.1 Å². The molecule has 0 aromatic heterocycles. The summed E-state index contributed by atoms with van der Waals surface area (Å²) >= 11 is 4.86. The Morgan fingerprint density at radius 2 is 2.12 bits per heavy atom. The molecule has 5 heteroatoms. The lowest BCUT2D eigenvalue weighted by molar-refractivity contribution is 0.0973. The predicted octanol–water partition coefficient (Wildman–Crippen LogP) is 1.32. The van der Waals surface area contributed by atoms with Crippen molar-refractivity contribution in [3.05, 3.63) is 29.8 Å². The average molecular weight is 238 g/mol. The number of nitrogens with one attached hydrogen (secondary N) is 2. The Kier molecular flexibility index (Phi) is 4.72. The van der Waals surface area contributed by atoms with Crippen LogP contribution in [0.4, 0.5) is 0 Å². The Balaban J connectivity index is 2.85. The SMILES string of the molecule is CCOc1ccccc1C(=O)NC(=S)NC. The topological polar surface area (TPSA) is 50.4 Å². The van der Waals surface area contributed by atoms with Gasteiger partial charge in [0.1, 0.15) is 5.75 Å². The first kappa shape index (κ1) is 12.4. The van der Waals surface area contributed by atoms with Crippen molar-refractivity contribution >= 4 is 23.2 Å². The van der Waals surface area contributed by atoms with E-state index >= 15 is 0 Å². The molecule has 0 aliphatic heterocycles. The average Bonchev–Trinajstić information content (AvgIpc) is 2.30. The normalized spacial score (nSPS) is 9.38. The minimum Gasteiger partial charge on any atom is -0.493 e. The minimum atomic E-state index is -0.275. The van der Waals surface area contributed by atoms with Crippen LogP contribution in [0.15, 0.2) is 24.3 Å². The molecule has 1 rings (SSSR count). The van der Waals surface area contributed by atoms with Crippen LogP contribution in [0.25, 0.3) is 0 Å². The monoisotopic (exact) mass is 238 g/mol. The fourth-order valence-electron chi connectivity index (χ4n) is 1.17. The van der Waals surface area contributed by atoms with Gasteiger partial charge in [-0.15, -0.1) is 0 Å². The number of benzene rings is 1. The fraction of sp³-hybridized carbons (Fsp3) is 0.273. The number of amides is 1. The van der Waals surface area contributed by atoms with Crippen molar-refractivity contribution in [2.45, 2.75) is 6.92 Å². The molecule has 0 aliphatic rings. The van der Waals surface area contributed by atoms with Crippen molar-refractivity contribution in [2.24, 2.45) is 0 Å². The smallest absolute Gasteiger partial charge is 0.261 e. The minimum absolute atomic E-state index is 0.275. The molecule has 86 valence electrons. The van der Waals surface area contributed by atoms with Crippen LogP contribution in [0.1, 0.15) is 17.3 Å². The largest absolute Gasteiger partial charge is 0.493 e. The van der Waals surface area contributed by atoms with E-state index in [0.29, 0.717) is 17.9 Å². The lowest BCUT2D eigenvalue weighted by Gasteiger charge is -2.10. The van der Waals surface area contributed by atoms with Crippen LogP contribution in [0.2, 0.25) is 0 Å². The number of thiocarbonyl (C=S) groups is 1. The number of hydrogen-bond donors (Lipinski definition) is 2. The van der Waals surface area contributed by atoms with Crippen LogP contribution in [0.3, 0.4) is 0 Å². The highest BCUT2D eigenvalue weighted by molar-refractivity contribution is 7.80. The maximum absolute atomic E-state index is 11.8. The van der Waals surface area contributed by atoms with Crippen molar-refractivity contribution in [3.63, 3.8) is 0 Å². The van der Waals surface area contributed by atoms with Gasteiger partial charge in [0.05, 0.1) is 12.2 Å². The quantitative estimate of drug-likeness (QED) is 0.780. The zero-order chi connectivity index (χ0) is 12.0. The second-order valence-electron chi connectivity index (χ2n) is 2.96. The standard InChI is InChI=1S/C11H14N2O2S/c1-3-15-9-7-5-4-6-8(9)10(14)13-11(16)12-2/h4-7H,3H2,1-2H3,(H2,12,13,14,16). The van der Waals surface area contributed by atoms with E-state index in [1.807, 2.05) is 13.0 Å². The van der Waals surface area contributed by atoms with Gasteiger partial charge in [0.2, 0.25) is 0 Å². The predicted molar refractivity (Wildman–Crippen MR) is 66.7 cm³/mol. The third-order valence-corrected chi connectivity index (χ3v) is 2.19. The summed E-state index contributed by atoms with van der Waals surface area (Å²) in [5, 5.41) is 5.51. The van der Waals surface area contributed by atoms with E-state index in [9.17, 15) is 4.79 Å². The second kappa shape index (κ2) is 6.07. The zero-order valence-corrected chi connectivity index (χ0v) is 10.1. The van der Waals surface area contributed by atoms with Crippen LogP contribution >= 0.6 is 12.2 Å². The van der Waals surface area contributed by atoms with Gasteiger partial charge in [-0.2, -0.15) is 0 Å². The molecule has 1 amide bonds. The zero-order valence-electron chi connectivity index (χ0n) is 9.24. The molecular weight excluding hydrogens is 224 g/mol. The van der Waals surface area contributed by atoms with E-state index in [4.69, 9.17) is 17.0 Å². The van der Waals surface area contributed by atoms with Crippen molar-refractivity contribution in [3.8, 4) is 5.75 Å². The van der Waals surface area contributed by atoms with Gasteiger partial charge in [-0.25, -0.2) is 0 Å². The van der Waals surface area contributed by atoms with Crippen LogP contribution in [-0.2, 0) is 0 Å². The van der Waals surface area contributed by atoms with Gasteiger partial charge >= 0.3 is 0 Å². The molecule has 0 saturated heterocycles. The summed E-state index contributed by atoms with van der Waals surface area (Å²) in [7, 11) is 1.65. The van der Waals surface area contributed by atoms with E-state index in [2.05, 4.69) is 10.6 Å². The third-order valence-electron chi connectivity index (χ3n) is 1.89. The van der Waals surface area contributed by atoms with E-state index < -0.39 is 0 Å². The maximum Gasteiger partial charge on any atom is 0.261 e. The Labute approximate surface area is 100.0 Å². The second-order valence-corrected chi connectivity index (χ2v) is 3.37. The van der Waals surface area contributed by atoms with Gasteiger partial charge in [0.15, 0.2) is 5.11 Å². The number of ether oxygens (including phenoxy) is 1. The lowest BCUT2D eigenvalue weighted by atomic mass is 10.2. The van der Waals surface area contributed by atoms with Crippen LogP contribution in [-0.4, -0.2) is 24.7 Å². The molecule has 0 saturated carbocycles. The van der Waals surface area contributed by atoms with E-state index in [1.54, 1.807) is 25.2 Å². The van der Waals surface area contributed by atoms with Crippen LogP contribution in [0.5, 0.6) is 5.75 Å². The fourth-order valence-corrected chi connectivity index (χ4v) is 1.26. The van der Waals surface area contributed by atoms with Gasteiger partial charge in [0, 0.05) is 7.05 Å². The molecule has 0 radical (unpaired) electrons. The Morgan fingerprint density at radius 3 is 2.75 bits per heavy atom. The Morgan fingerprint density at radius 1 is 1.44 bits per heavy atom. The highest BCUT2D eigenvalue weighted by Gasteiger charge is 2.12. The Bertz CT molecular complexity index is 393. The molecule has 0 unspecified atom stereocenters. The van der Waals surface area contributed by atoms with Crippen molar-refractivity contribution in [2.75, 3.05) is 13.7 Å². The summed E-state index contributed by atoms with van der Waals surface area (Å²) < 4.78 is 5.35. The van der Waals surface area contributed by atoms with Crippen molar-refractivity contribution in [1.82, 2.24) is 10.6 Å². The van der Waals surface area contributed by atoms with Gasteiger partial charge in [0.25, 0.3) is 5.91 Å². The third kappa shape index (κ3) is 3.20. The Hall–Kier alpha value is -1.62. The summed E-state index contributed by atoms with van der Waals surface area (Å²) in [6.07, 6.45) is 0. The molecule has 0 spiro atoms. The highest BCUT2D eigenvalue weighted by Crippen LogP contribution is 2.17. The summed E-state index contributed by atoms with van der Waals surface area (Å²) in [6.45, 7) is 2.38. The molecule has 0 bridgehead atoms. The first-order valence-electron chi connectivity index (χ1n) is 4.94. The molecule has 1 aromatic carbocycles. The maximum atomic E-state index is 11.8. The molecule has 4 nitrogen and oxygen atoms in total. The molecule has 0 fully saturated rings. The number of carbonyl (C=O) groups excluding carboxylic acids is 1. The lowest BCUT2D eigenvalue weighted by Crippen LogP contribution is -2.37. The van der Waals surface area contributed by atoms with Crippen molar-refractivity contribution < 1.29 is 9.53 Å².